The summed E-state index contributed by atoms with van der Waals surface area (Å²) in [5.74, 6) is -0.558. The lowest BCUT2D eigenvalue weighted by atomic mass is 10.1. The molecular formula is C16H13ClFN3O2S. The van der Waals surface area contributed by atoms with E-state index in [1.807, 2.05) is 0 Å². The van der Waals surface area contributed by atoms with E-state index in [1.54, 1.807) is 6.07 Å². The normalized spacial score (nSPS) is 11.6. The number of pyridine rings is 1. The van der Waals surface area contributed by atoms with Crippen molar-refractivity contribution in [3.05, 3.63) is 71.4 Å². The first-order valence-corrected chi connectivity index (χ1v) is 8.79. The van der Waals surface area contributed by atoms with E-state index in [9.17, 15) is 12.8 Å². The minimum atomic E-state index is -4.05. The molecule has 0 bridgehead atoms. The Morgan fingerprint density at radius 2 is 1.96 bits per heavy atom. The van der Waals surface area contributed by atoms with Crippen LogP contribution < -0.4 is 5.73 Å². The van der Waals surface area contributed by atoms with Crippen LogP contribution in [0.15, 0.2) is 59.8 Å². The largest absolute Gasteiger partial charge is 0.326 e. The van der Waals surface area contributed by atoms with Gasteiger partial charge in [0.2, 0.25) is 0 Å². The fraction of sp³-hybridized carbons (Fsp3) is 0.0625. The molecule has 2 aromatic heterocycles. The quantitative estimate of drug-likeness (QED) is 0.770. The summed E-state index contributed by atoms with van der Waals surface area (Å²) in [6.45, 7) is 0.0237. The molecule has 3 aromatic rings. The highest BCUT2D eigenvalue weighted by Gasteiger charge is 2.27. The third kappa shape index (κ3) is 2.71. The van der Waals surface area contributed by atoms with Crippen molar-refractivity contribution in [1.82, 2.24) is 8.96 Å². The van der Waals surface area contributed by atoms with Crippen molar-refractivity contribution in [3.8, 4) is 11.3 Å². The summed E-state index contributed by atoms with van der Waals surface area (Å²) in [7, 11) is -4.05. The first-order chi connectivity index (χ1) is 11.5. The van der Waals surface area contributed by atoms with Gasteiger partial charge in [0, 0.05) is 30.1 Å². The Morgan fingerprint density at radius 3 is 2.58 bits per heavy atom. The summed E-state index contributed by atoms with van der Waals surface area (Å²) in [4.78, 5) is 3.77. The lowest BCUT2D eigenvalue weighted by Crippen LogP contribution is -2.15. The Labute approximate surface area is 143 Å². The molecule has 0 saturated heterocycles. The number of rotatable bonds is 4. The second kappa shape index (κ2) is 6.35. The van der Waals surface area contributed by atoms with Gasteiger partial charge in [-0.2, -0.15) is 0 Å². The van der Waals surface area contributed by atoms with Gasteiger partial charge < -0.3 is 5.73 Å². The van der Waals surface area contributed by atoms with Gasteiger partial charge in [-0.3, -0.25) is 4.98 Å². The lowest BCUT2D eigenvalue weighted by Gasteiger charge is -2.12. The summed E-state index contributed by atoms with van der Waals surface area (Å²) >= 11 is 6.23. The summed E-state index contributed by atoms with van der Waals surface area (Å²) in [5.41, 5.74) is 6.27. The predicted octanol–water partition coefficient (Wildman–Crippen LogP) is 3.04. The topological polar surface area (TPSA) is 78.0 Å². The van der Waals surface area contributed by atoms with Crippen LogP contribution in [0, 0.1) is 5.82 Å². The molecule has 24 heavy (non-hydrogen) atoms. The maximum atomic E-state index is 14.2. The molecule has 0 unspecified atom stereocenters. The molecule has 0 fully saturated rings. The van der Waals surface area contributed by atoms with E-state index in [1.165, 1.54) is 48.8 Å². The average Bonchev–Trinajstić information content (AvgIpc) is 2.93. The van der Waals surface area contributed by atoms with Crippen molar-refractivity contribution < 1.29 is 12.8 Å². The van der Waals surface area contributed by atoms with Crippen LogP contribution in [-0.2, 0) is 16.6 Å². The standard InChI is InChI=1S/C16H13ClFN3O2S/c17-16-11(9-19)8-15(13-5-1-2-6-14(13)18)21(16)24(22,23)12-4-3-7-20-10-12/h1-8,10H,9,19H2. The average molecular weight is 366 g/mol. The lowest BCUT2D eigenvalue weighted by molar-refractivity contribution is 0.587. The molecule has 0 spiro atoms. The van der Waals surface area contributed by atoms with Gasteiger partial charge in [-0.25, -0.2) is 16.8 Å². The molecule has 0 amide bonds. The number of nitrogens with two attached hydrogens (primary N) is 1. The molecule has 2 heterocycles. The van der Waals surface area contributed by atoms with E-state index < -0.39 is 15.8 Å². The maximum absolute atomic E-state index is 14.2. The number of hydrogen-bond donors (Lipinski definition) is 1. The minimum absolute atomic E-state index is 0.0237. The molecule has 0 radical (unpaired) electrons. The van der Waals surface area contributed by atoms with E-state index in [0.717, 1.165) is 3.97 Å². The van der Waals surface area contributed by atoms with Gasteiger partial charge in [0.05, 0.1) is 5.69 Å². The van der Waals surface area contributed by atoms with Crippen LogP contribution in [0.2, 0.25) is 5.15 Å². The van der Waals surface area contributed by atoms with Gasteiger partial charge in [-0.1, -0.05) is 23.7 Å². The molecule has 1 aromatic carbocycles. The Morgan fingerprint density at radius 1 is 1.21 bits per heavy atom. The minimum Gasteiger partial charge on any atom is -0.326 e. The van der Waals surface area contributed by atoms with Crippen molar-refractivity contribution in [2.24, 2.45) is 5.73 Å². The number of aromatic nitrogens is 2. The Hall–Kier alpha value is -2.22. The highest BCUT2D eigenvalue weighted by molar-refractivity contribution is 7.90. The van der Waals surface area contributed by atoms with Crippen molar-refractivity contribution in [1.29, 1.82) is 0 Å². The third-order valence-electron chi connectivity index (χ3n) is 3.52. The zero-order chi connectivity index (χ0) is 17.3. The molecule has 124 valence electrons. The Kier molecular flexibility index (Phi) is 4.40. The van der Waals surface area contributed by atoms with Gasteiger partial charge >= 0.3 is 0 Å². The van der Waals surface area contributed by atoms with Crippen molar-refractivity contribution in [2.75, 3.05) is 0 Å². The van der Waals surface area contributed by atoms with Gasteiger partial charge in [-0.05, 0) is 30.3 Å². The highest BCUT2D eigenvalue weighted by Crippen LogP contribution is 2.34. The SMILES string of the molecule is NCc1cc(-c2ccccc2F)n(S(=O)(=O)c2cccnc2)c1Cl. The van der Waals surface area contributed by atoms with Crippen LogP contribution in [0.4, 0.5) is 4.39 Å². The van der Waals surface area contributed by atoms with Crippen molar-refractivity contribution >= 4 is 21.6 Å². The van der Waals surface area contributed by atoms with Crippen LogP contribution in [0.5, 0.6) is 0 Å². The van der Waals surface area contributed by atoms with Crippen LogP contribution in [0.3, 0.4) is 0 Å². The van der Waals surface area contributed by atoms with Crippen LogP contribution in [0.1, 0.15) is 5.56 Å². The summed E-state index contributed by atoms with van der Waals surface area (Å²) < 4.78 is 41.0. The van der Waals surface area contributed by atoms with Crippen molar-refractivity contribution in [3.63, 3.8) is 0 Å². The molecule has 0 atom stereocenters. The van der Waals surface area contributed by atoms with E-state index in [2.05, 4.69) is 4.98 Å². The molecule has 2 N–H and O–H groups in total. The van der Waals surface area contributed by atoms with Crippen LogP contribution in [0.25, 0.3) is 11.3 Å². The van der Waals surface area contributed by atoms with Gasteiger partial charge in [-0.15, -0.1) is 0 Å². The third-order valence-corrected chi connectivity index (χ3v) is 5.72. The molecule has 3 rings (SSSR count). The molecule has 8 heteroatoms. The van der Waals surface area contributed by atoms with Gasteiger partial charge in [0.25, 0.3) is 10.0 Å². The second-order valence-electron chi connectivity index (χ2n) is 4.99. The second-order valence-corrected chi connectivity index (χ2v) is 7.13. The number of halogens is 2. The predicted molar refractivity (Wildman–Crippen MR) is 89.5 cm³/mol. The first-order valence-electron chi connectivity index (χ1n) is 6.97. The number of nitrogens with zero attached hydrogens (tertiary/aromatic N) is 2. The Bertz CT molecular complexity index is 988. The van der Waals surface area contributed by atoms with E-state index >= 15 is 0 Å². The van der Waals surface area contributed by atoms with E-state index in [-0.39, 0.29) is 27.9 Å². The first kappa shape index (κ1) is 16.6. The van der Waals surface area contributed by atoms with E-state index in [0.29, 0.717) is 5.56 Å². The fourth-order valence-electron chi connectivity index (χ4n) is 2.36. The zero-order valence-electron chi connectivity index (χ0n) is 12.4. The molecule has 0 aliphatic rings. The molecular weight excluding hydrogens is 353 g/mol. The summed E-state index contributed by atoms with van der Waals surface area (Å²) in [6.07, 6.45) is 2.66. The molecule has 5 nitrogen and oxygen atoms in total. The van der Waals surface area contributed by atoms with Gasteiger partial charge in [0.1, 0.15) is 15.9 Å². The monoisotopic (exact) mass is 365 g/mol. The van der Waals surface area contributed by atoms with E-state index in [4.69, 9.17) is 17.3 Å². The summed E-state index contributed by atoms with van der Waals surface area (Å²) in [6, 6.07) is 10.2. The number of hydrogen-bond acceptors (Lipinski definition) is 4. The highest BCUT2D eigenvalue weighted by atomic mass is 35.5. The molecule has 0 aliphatic heterocycles. The summed E-state index contributed by atoms with van der Waals surface area (Å²) in [5, 5.41) is -0.0698. The fourth-order valence-corrected chi connectivity index (χ4v) is 4.25. The van der Waals surface area contributed by atoms with Gasteiger partial charge in [0.15, 0.2) is 0 Å². The molecule has 0 aliphatic carbocycles. The smallest absolute Gasteiger partial charge is 0.270 e. The maximum Gasteiger partial charge on any atom is 0.270 e. The zero-order valence-corrected chi connectivity index (χ0v) is 13.9. The number of benzene rings is 1. The molecule has 0 saturated carbocycles. The van der Waals surface area contributed by atoms with Crippen LogP contribution >= 0.6 is 11.6 Å². The van der Waals surface area contributed by atoms with Crippen LogP contribution in [-0.4, -0.2) is 17.4 Å². The van der Waals surface area contributed by atoms with Crippen molar-refractivity contribution in [2.45, 2.75) is 11.4 Å². The Balaban J connectivity index is 2.33.